The van der Waals surface area contributed by atoms with Crippen LogP contribution in [0.5, 0.6) is 5.75 Å². The Balaban J connectivity index is 1.56. The Morgan fingerprint density at radius 1 is 1.22 bits per heavy atom. The second-order valence-corrected chi connectivity index (χ2v) is 8.00. The lowest BCUT2D eigenvalue weighted by Crippen LogP contribution is -2.51. The highest BCUT2D eigenvalue weighted by molar-refractivity contribution is 5.67. The van der Waals surface area contributed by atoms with Gasteiger partial charge in [-0.15, -0.1) is 0 Å². The number of aryl methyl sites for hydroxylation is 1. The molecule has 23 heavy (non-hydrogen) atoms. The van der Waals surface area contributed by atoms with Gasteiger partial charge in [-0.3, -0.25) is 0 Å². The van der Waals surface area contributed by atoms with Crippen LogP contribution in [0.2, 0.25) is 0 Å². The second-order valence-electron chi connectivity index (χ2n) is 8.00. The van der Waals surface area contributed by atoms with Crippen LogP contribution in [0.3, 0.4) is 0 Å². The van der Waals surface area contributed by atoms with E-state index in [2.05, 4.69) is 39.0 Å². The molecule has 4 heteroatoms. The summed E-state index contributed by atoms with van der Waals surface area (Å²) in [6.07, 6.45) is 3.67. The quantitative estimate of drug-likeness (QED) is 0.785. The van der Waals surface area contributed by atoms with Crippen LogP contribution in [0, 0.1) is 5.41 Å². The topological polar surface area (TPSA) is 38.8 Å². The maximum Gasteiger partial charge on any atom is 0.409 e. The Bertz CT molecular complexity index is 568. The third-order valence-electron chi connectivity index (χ3n) is 4.71. The largest absolute Gasteiger partial charge is 0.487 e. The standard InChI is InChI=1S/C19H27NO3/c1-18(2,3)14-22-17(21)20-12-10-19(11-13-20)9-8-15-6-4-5-7-16(15)23-19/h4-7H,8-14H2,1-3H3. The molecule has 1 saturated heterocycles. The summed E-state index contributed by atoms with van der Waals surface area (Å²) in [5, 5.41) is 0. The van der Waals surface area contributed by atoms with Crippen molar-refractivity contribution in [2.75, 3.05) is 19.7 Å². The summed E-state index contributed by atoms with van der Waals surface area (Å²) in [7, 11) is 0. The van der Waals surface area contributed by atoms with Gasteiger partial charge in [0.1, 0.15) is 11.4 Å². The molecule has 0 aliphatic carbocycles. The number of para-hydroxylation sites is 1. The van der Waals surface area contributed by atoms with Crippen LogP contribution < -0.4 is 4.74 Å². The van der Waals surface area contributed by atoms with Gasteiger partial charge in [0.15, 0.2) is 0 Å². The number of rotatable bonds is 1. The van der Waals surface area contributed by atoms with E-state index in [-0.39, 0.29) is 17.1 Å². The van der Waals surface area contributed by atoms with E-state index in [1.54, 1.807) is 0 Å². The first-order valence-electron chi connectivity index (χ1n) is 8.56. The third kappa shape index (κ3) is 3.80. The maximum absolute atomic E-state index is 12.2. The first-order valence-corrected chi connectivity index (χ1v) is 8.56. The molecule has 0 N–H and O–H groups in total. The highest BCUT2D eigenvalue weighted by Gasteiger charge is 2.40. The second kappa shape index (κ2) is 6.06. The lowest BCUT2D eigenvalue weighted by atomic mass is 9.83. The number of likely N-dealkylation sites (tertiary alicyclic amines) is 1. The summed E-state index contributed by atoms with van der Waals surface area (Å²) in [5.74, 6) is 1.02. The monoisotopic (exact) mass is 317 g/mol. The maximum atomic E-state index is 12.2. The van der Waals surface area contributed by atoms with Crippen LogP contribution in [0.4, 0.5) is 4.79 Å². The van der Waals surface area contributed by atoms with Gasteiger partial charge < -0.3 is 14.4 Å². The minimum Gasteiger partial charge on any atom is -0.487 e. The number of hydrogen-bond acceptors (Lipinski definition) is 3. The van der Waals surface area contributed by atoms with Crippen molar-refractivity contribution in [3.63, 3.8) is 0 Å². The van der Waals surface area contributed by atoms with E-state index in [1.165, 1.54) is 5.56 Å². The lowest BCUT2D eigenvalue weighted by molar-refractivity contribution is -0.0171. The predicted octanol–water partition coefficient (Wildman–Crippen LogP) is 4.03. The van der Waals surface area contributed by atoms with E-state index in [1.807, 2.05) is 11.0 Å². The minimum absolute atomic E-state index is 0.00284. The Morgan fingerprint density at radius 2 is 1.91 bits per heavy atom. The van der Waals surface area contributed by atoms with Crippen molar-refractivity contribution in [1.82, 2.24) is 4.90 Å². The molecular weight excluding hydrogens is 290 g/mol. The van der Waals surface area contributed by atoms with E-state index >= 15 is 0 Å². The fourth-order valence-electron chi connectivity index (χ4n) is 3.28. The van der Waals surface area contributed by atoms with E-state index in [9.17, 15) is 4.79 Å². The number of fused-ring (bicyclic) bond motifs is 1. The van der Waals surface area contributed by atoms with Crippen LogP contribution in [-0.4, -0.2) is 36.3 Å². The Kier molecular flexibility index (Phi) is 4.26. The van der Waals surface area contributed by atoms with Gasteiger partial charge in [-0.2, -0.15) is 0 Å². The number of carbonyl (C=O) groups is 1. The highest BCUT2D eigenvalue weighted by atomic mass is 16.6. The van der Waals surface area contributed by atoms with Gasteiger partial charge in [-0.25, -0.2) is 4.79 Å². The molecule has 1 amide bonds. The smallest absolute Gasteiger partial charge is 0.409 e. The van der Waals surface area contributed by atoms with Crippen molar-refractivity contribution in [2.24, 2.45) is 5.41 Å². The molecule has 126 valence electrons. The van der Waals surface area contributed by atoms with Gasteiger partial charge in [0, 0.05) is 25.9 Å². The summed E-state index contributed by atoms with van der Waals surface area (Å²) in [4.78, 5) is 14.0. The van der Waals surface area contributed by atoms with Gasteiger partial charge >= 0.3 is 6.09 Å². The molecule has 0 atom stereocenters. The zero-order valence-electron chi connectivity index (χ0n) is 14.4. The van der Waals surface area contributed by atoms with Crippen molar-refractivity contribution < 1.29 is 14.3 Å². The molecule has 1 fully saturated rings. The molecule has 4 nitrogen and oxygen atoms in total. The molecule has 1 aromatic carbocycles. The number of amides is 1. The van der Waals surface area contributed by atoms with Gasteiger partial charge in [0.05, 0.1) is 6.61 Å². The summed E-state index contributed by atoms with van der Waals surface area (Å²) in [6, 6.07) is 8.28. The van der Waals surface area contributed by atoms with Gasteiger partial charge in [-0.05, 0) is 29.9 Å². The molecular formula is C19H27NO3. The zero-order valence-corrected chi connectivity index (χ0v) is 14.4. The summed E-state index contributed by atoms with van der Waals surface area (Å²) in [6.45, 7) is 8.09. The molecule has 3 rings (SSSR count). The molecule has 0 radical (unpaired) electrons. The summed E-state index contributed by atoms with van der Waals surface area (Å²) in [5.41, 5.74) is 1.20. The van der Waals surface area contributed by atoms with Crippen LogP contribution in [0.15, 0.2) is 24.3 Å². The normalized spacial score (nSPS) is 19.9. The van der Waals surface area contributed by atoms with Crippen LogP contribution in [0.1, 0.15) is 45.6 Å². The van der Waals surface area contributed by atoms with E-state index in [4.69, 9.17) is 9.47 Å². The van der Waals surface area contributed by atoms with Gasteiger partial charge in [0.25, 0.3) is 0 Å². The van der Waals surface area contributed by atoms with E-state index in [0.717, 1.165) is 31.4 Å². The molecule has 0 saturated carbocycles. The molecule has 0 bridgehead atoms. The summed E-state index contributed by atoms with van der Waals surface area (Å²) < 4.78 is 11.7. The van der Waals surface area contributed by atoms with Gasteiger partial charge in [-0.1, -0.05) is 39.0 Å². The molecule has 2 aliphatic rings. The number of nitrogens with zero attached hydrogens (tertiary/aromatic N) is 1. The fourth-order valence-corrected chi connectivity index (χ4v) is 3.28. The molecule has 2 heterocycles. The van der Waals surface area contributed by atoms with Crippen molar-refractivity contribution in [2.45, 2.75) is 52.1 Å². The third-order valence-corrected chi connectivity index (χ3v) is 4.71. The first-order chi connectivity index (χ1) is 10.9. The lowest BCUT2D eigenvalue weighted by Gasteiger charge is -2.44. The van der Waals surface area contributed by atoms with Gasteiger partial charge in [0.2, 0.25) is 0 Å². The number of carbonyl (C=O) groups excluding carboxylic acids is 1. The zero-order chi connectivity index (χ0) is 16.5. The van der Waals surface area contributed by atoms with E-state index < -0.39 is 0 Å². The number of piperidine rings is 1. The average Bonchev–Trinajstić information content (AvgIpc) is 2.52. The van der Waals surface area contributed by atoms with Crippen LogP contribution in [0.25, 0.3) is 0 Å². The number of benzene rings is 1. The first kappa shape index (κ1) is 16.2. The Morgan fingerprint density at radius 3 is 2.61 bits per heavy atom. The summed E-state index contributed by atoms with van der Waals surface area (Å²) >= 11 is 0. The Hall–Kier alpha value is -1.71. The van der Waals surface area contributed by atoms with Crippen molar-refractivity contribution >= 4 is 6.09 Å². The number of ether oxygens (including phenoxy) is 2. The molecule has 1 aromatic rings. The molecule has 0 unspecified atom stereocenters. The van der Waals surface area contributed by atoms with E-state index in [0.29, 0.717) is 19.7 Å². The Labute approximate surface area is 138 Å². The highest BCUT2D eigenvalue weighted by Crippen LogP contribution is 2.39. The molecule has 2 aliphatic heterocycles. The van der Waals surface area contributed by atoms with Crippen molar-refractivity contribution in [1.29, 1.82) is 0 Å². The number of hydrogen-bond donors (Lipinski definition) is 0. The average molecular weight is 317 g/mol. The predicted molar refractivity (Wildman–Crippen MR) is 89.7 cm³/mol. The SMILES string of the molecule is CC(C)(C)COC(=O)N1CCC2(CCc3ccccc3O2)CC1. The van der Waals surface area contributed by atoms with Crippen molar-refractivity contribution in [3.05, 3.63) is 29.8 Å². The van der Waals surface area contributed by atoms with Crippen molar-refractivity contribution in [3.8, 4) is 5.75 Å². The van der Waals surface area contributed by atoms with Crippen LogP contribution in [-0.2, 0) is 11.2 Å². The molecule has 0 aromatic heterocycles. The fraction of sp³-hybridized carbons (Fsp3) is 0.632. The molecule has 1 spiro atoms. The minimum atomic E-state index is -0.189. The van der Waals surface area contributed by atoms with Crippen LogP contribution >= 0.6 is 0 Å².